The Hall–Kier alpha value is -3.53. The highest BCUT2D eigenvalue weighted by Crippen LogP contribution is 2.67. The average molecular weight is 611 g/mol. The number of likely N-dealkylation sites (tertiary alicyclic amines) is 1. The Kier molecular flexibility index (Phi) is 6.81. The summed E-state index contributed by atoms with van der Waals surface area (Å²) in [5, 5.41) is 0. The molecule has 1 spiro atoms. The van der Waals surface area contributed by atoms with Gasteiger partial charge in [0.2, 0.25) is 5.91 Å². The number of carbonyl (C=O) groups is 2. The van der Waals surface area contributed by atoms with Crippen molar-refractivity contribution in [2.24, 2.45) is 5.92 Å². The lowest BCUT2D eigenvalue weighted by atomic mass is 9.48. The van der Waals surface area contributed by atoms with Crippen molar-refractivity contribution in [3.63, 3.8) is 0 Å². The first kappa shape index (κ1) is 29.2. The lowest BCUT2D eigenvalue weighted by Crippen LogP contribution is -2.79. The number of rotatable bonds is 7. The van der Waals surface area contributed by atoms with E-state index in [2.05, 4.69) is 11.0 Å². The third kappa shape index (κ3) is 4.35. The maximum absolute atomic E-state index is 13.6. The summed E-state index contributed by atoms with van der Waals surface area (Å²) >= 11 is 0. The molecule has 10 heteroatoms. The number of hydrogen-bond donors (Lipinski definition) is 0. The molecular formula is C34H37F3N2O5. The smallest absolute Gasteiger partial charge is 0.416 e. The quantitative estimate of drug-likeness (QED) is 0.310. The molecule has 2 bridgehead atoms. The molecule has 0 N–H and O–H groups in total. The van der Waals surface area contributed by atoms with Gasteiger partial charge in [0.25, 0.3) is 0 Å². The van der Waals surface area contributed by atoms with Gasteiger partial charge in [-0.2, -0.15) is 13.2 Å². The van der Waals surface area contributed by atoms with Gasteiger partial charge in [-0.05, 0) is 86.4 Å². The van der Waals surface area contributed by atoms with Crippen LogP contribution in [-0.2, 0) is 32.3 Å². The molecule has 1 saturated heterocycles. The van der Waals surface area contributed by atoms with E-state index in [0.29, 0.717) is 35.8 Å². The van der Waals surface area contributed by atoms with Crippen molar-refractivity contribution in [3.05, 3.63) is 64.7 Å². The second-order valence-corrected chi connectivity index (χ2v) is 13.0. The van der Waals surface area contributed by atoms with Crippen LogP contribution in [0, 0.1) is 5.92 Å². The molecule has 2 aromatic carbocycles. The molecule has 7 rings (SSSR count). The number of piperidine rings is 1. The Morgan fingerprint density at radius 2 is 1.86 bits per heavy atom. The van der Waals surface area contributed by atoms with Gasteiger partial charge in [0, 0.05) is 32.2 Å². The molecular weight excluding hydrogens is 573 g/mol. The van der Waals surface area contributed by atoms with Crippen LogP contribution in [0.2, 0.25) is 0 Å². The fraction of sp³-hybridized carbons (Fsp3) is 0.529. The minimum Gasteiger partial charge on any atom is -0.493 e. The van der Waals surface area contributed by atoms with E-state index in [-0.39, 0.29) is 24.0 Å². The fourth-order valence-electron chi connectivity index (χ4n) is 8.67. The van der Waals surface area contributed by atoms with Crippen LogP contribution >= 0.6 is 0 Å². The van der Waals surface area contributed by atoms with Crippen LogP contribution < -0.4 is 9.47 Å². The van der Waals surface area contributed by atoms with Crippen LogP contribution in [0.25, 0.3) is 6.08 Å². The summed E-state index contributed by atoms with van der Waals surface area (Å²) in [5.41, 5.74) is 0.516. The molecule has 5 atom stereocenters. The maximum Gasteiger partial charge on any atom is 0.416 e. The fourth-order valence-corrected chi connectivity index (χ4v) is 8.67. The van der Waals surface area contributed by atoms with E-state index < -0.39 is 28.9 Å². The highest BCUT2D eigenvalue weighted by Gasteiger charge is 2.75. The second-order valence-electron chi connectivity index (χ2n) is 13.0. The van der Waals surface area contributed by atoms with Gasteiger partial charge in [-0.3, -0.25) is 14.5 Å². The van der Waals surface area contributed by atoms with E-state index in [1.165, 1.54) is 49.6 Å². The molecule has 2 aromatic rings. The first-order valence-electron chi connectivity index (χ1n) is 15.4. The molecule has 0 aromatic heterocycles. The summed E-state index contributed by atoms with van der Waals surface area (Å²) in [6, 6.07) is 8.44. The zero-order valence-corrected chi connectivity index (χ0v) is 25.2. The number of ether oxygens (including phenoxy) is 3. The molecule has 5 aliphatic rings. The summed E-state index contributed by atoms with van der Waals surface area (Å²) in [5.74, 6) is 1.38. The normalized spacial score (nSPS) is 30.5. The Morgan fingerprint density at radius 3 is 2.52 bits per heavy atom. The Morgan fingerprint density at radius 1 is 1.11 bits per heavy atom. The summed E-state index contributed by atoms with van der Waals surface area (Å²) in [4.78, 5) is 30.7. The molecule has 2 heterocycles. The van der Waals surface area contributed by atoms with Gasteiger partial charge >= 0.3 is 12.1 Å². The van der Waals surface area contributed by atoms with Gasteiger partial charge in [0.1, 0.15) is 11.7 Å². The zero-order valence-electron chi connectivity index (χ0n) is 25.2. The maximum atomic E-state index is 13.6. The van der Waals surface area contributed by atoms with Crippen LogP contribution in [-0.4, -0.2) is 72.7 Å². The third-order valence-corrected chi connectivity index (χ3v) is 10.7. The SMILES string of the molecule is COc1ccc2c3c1O[C@H]1[C@@H](N(C)C(=O)C=Cc4ccc(C(F)(F)F)cc4)CC[C@@]4(OC(C)=O)[C@@H](C2)N(CC2CC2)CC[C@]314. The summed E-state index contributed by atoms with van der Waals surface area (Å²) in [7, 11) is 3.36. The van der Waals surface area contributed by atoms with Gasteiger partial charge < -0.3 is 19.1 Å². The van der Waals surface area contributed by atoms with Crippen molar-refractivity contribution in [1.29, 1.82) is 0 Å². The van der Waals surface area contributed by atoms with Gasteiger partial charge in [-0.1, -0.05) is 18.2 Å². The first-order chi connectivity index (χ1) is 21.0. The topological polar surface area (TPSA) is 68.3 Å². The van der Waals surface area contributed by atoms with E-state index in [1.54, 1.807) is 19.1 Å². The highest BCUT2D eigenvalue weighted by molar-refractivity contribution is 5.92. The monoisotopic (exact) mass is 610 g/mol. The molecule has 0 unspecified atom stereocenters. The third-order valence-electron chi connectivity index (χ3n) is 10.7. The minimum atomic E-state index is -4.42. The minimum absolute atomic E-state index is 0.000202. The first-order valence-corrected chi connectivity index (χ1v) is 15.4. The summed E-state index contributed by atoms with van der Waals surface area (Å²) in [6.07, 6.45) is 3.11. The van der Waals surface area contributed by atoms with E-state index in [0.717, 1.165) is 43.6 Å². The number of carbonyl (C=O) groups excluding carboxylic acids is 2. The predicted octanol–water partition coefficient (Wildman–Crippen LogP) is 5.39. The van der Waals surface area contributed by atoms with E-state index in [4.69, 9.17) is 14.2 Å². The van der Waals surface area contributed by atoms with Gasteiger partial charge in [0.15, 0.2) is 11.5 Å². The number of alkyl halides is 3. The summed E-state index contributed by atoms with van der Waals surface area (Å²) in [6.45, 7) is 3.31. The average Bonchev–Trinajstić information content (AvgIpc) is 3.73. The molecule has 0 radical (unpaired) electrons. The lowest BCUT2D eigenvalue weighted by Gasteiger charge is -2.65. The zero-order chi connectivity index (χ0) is 31.0. The van der Waals surface area contributed by atoms with E-state index in [1.807, 2.05) is 6.07 Å². The molecule has 1 amide bonds. The molecule has 44 heavy (non-hydrogen) atoms. The number of methoxy groups -OCH3 is 1. The Labute approximate surface area is 254 Å². The number of nitrogens with zero attached hydrogens (tertiary/aromatic N) is 2. The van der Waals surface area contributed by atoms with Crippen molar-refractivity contribution < 1.29 is 37.0 Å². The van der Waals surface area contributed by atoms with Crippen LogP contribution in [0.3, 0.4) is 0 Å². The van der Waals surface area contributed by atoms with E-state index >= 15 is 0 Å². The number of likely N-dealkylation sites (N-methyl/N-ethyl adjacent to an activating group) is 1. The van der Waals surface area contributed by atoms with Crippen LogP contribution in [0.4, 0.5) is 13.2 Å². The number of esters is 1. The van der Waals surface area contributed by atoms with Gasteiger partial charge in [0.05, 0.1) is 30.2 Å². The van der Waals surface area contributed by atoms with Crippen molar-refractivity contribution in [3.8, 4) is 11.5 Å². The molecule has 7 nitrogen and oxygen atoms in total. The van der Waals surface area contributed by atoms with Gasteiger partial charge in [-0.25, -0.2) is 0 Å². The van der Waals surface area contributed by atoms with Crippen molar-refractivity contribution in [1.82, 2.24) is 9.80 Å². The summed E-state index contributed by atoms with van der Waals surface area (Å²) < 4.78 is 58.1. The molecule has 3 aliphatic carbocycles. The molecule has 2 saturated carbocycles. The van der Waals surface area contributed by atoms with Crippen LogP contribution in [0.1, 0.15) is 61.3 Å². The predicted molar refractivity (Wildman–Crippen MR) is 156 cm³/mol. The molecule has 3 fully saturated rings. The van der Waals surface area contributed by atoms with E-state index in [9.17, 15) is 22.8 Å². The standard InChI is InChI=1S/C34H37F3N2O5/c1-20(40)44-33-15-14-25(38(2)28(41)13-8-21-6-10-24(11-7-21)34(35,36)37)31-32(33)16-17-39(19-22-4-5-22)27(33)18-23-9-12-26(42-3)30(43-31)29(23)32/h6-13,22,25,27,31H,4-5,14-19H2,1-3H3/t25-,27+,31-,32-,33+/m0/s1. The molecule has 234 valence electrons. The van der Waals surface area contributed by atoms with Gasteiger partial charge in [-0.15, -0.1) is 0 Å². The lowest BCUT2D eigenvalue weighted by molar-refractivity contribution is -0.223. The number of halogens is 3. The molecule has 2 aliphatic heterocycles. The number of hydrogen-bond acceptors (Lipinski definition) is 6. The number of benzene rings is 2. The van der Waals surface area contributed by atoms with Crippen LogP contribution in [0.15, 0.2) is 42.5 Å². The second kappa shape index (κ2) is 10.3. The largest absolute Gasteiger partial charge is 0.493 e. The Balaban J connectivity index is 1.25. The van der Waals surface area contributed by atoms with Crippen molar-refractivity contribution in [2.75, 3.05) is 27.2 Å². The Bertz CT molecular complexity index is 1520. The number of amides is 1. The van der Waals surface area contributed by atoms with Crippen molar-refractivity contribution >= 4 is 18.0 Å². The van der Waals surface area contributed by atoms with Crippen LogP contribution in [0.5, 0.6) is 11.5 Å². The van der Waals surface area contributed by atoms with Crippen molar-refractivity contribution in [2.45, 2.75) is 80.8 Å². The highest BCUT2D eigenvalue weighted by atomic mass is 19.4.